The molecule has 1 aliphatic heterocycles. The van der Waals surface area contributed by atoms with Gasteiger partial charge in [-0.3, -0.25) is 4.79 Å². The van der Waals surface area contributed by atoms with Crippen molar-refractivity contribution in [3.63, 3.8) is 0 Å². The number of nitrogens with zero attached hydrogens (tertiary/aromatic N) is 1. The Balaban J connectivity index is 1.79. The lowest BCUT2D eigenvalue weighted by Crippen LogP contribution is -2.41. The van der Waals surface area contributed by atoms with Gasteiger partial charge in [-0.05, 0) is 48.9 Å². The number of rotatable bonds is 4. The first kappa shape index (κ1) is 19.3. The number of nitrogens with one attached hydrogen (secondary N) is 1. The molecule has 0 spiro atoms. The molecule has 5 nitrogen and oxygen atoms in total. The molecule has 0 aromatic heterocycles. The predicted octanol–water partition coefficient (Wildman–Crippen LogP) is 2.93. The van der Waals surface area contributed by atoms with Crippen LogP contribution in [0.5, 0.6) is 0 Å². The monoisotopic (exact) mass is 402 g/mol. The molecule has 10 heteroatoms. The van der Waals surface area contributed by atoms with Crippen molar-refractivity contribution in [2.45, 2.75) is 23.5 Å². The van der Waals surface area contributed by atoms with Crippen molar-refractivity contribution >= 4 is 21.6 Å². The summed E-state index contributed by atoms with van der Waals surface area (Å²) in [4.78, 5) is 13.2. The van der Waals surface area contributed by atoms with E-state index in [4.69, 9.17) is 0 Å². The quantitative estimate of drug-likeness (QED) is 0.800. The molecule has 1 amide bonds. The van der Waals surface area contributed by atoms with E-state index in [1.807, 2.05) is 0 Å². The van der Waals surface area contributed by atoms with E-state index in [2.05, 4.69) is 4.72 Å². The van der Waals surface area contributed by atoms with Gasteiger partial charge in [0.1, 0.15) is 11.9 Å². The van der Waals surface area contributed by atoms with Crippen LogP contribution in [0.15, 0.2) is 53.4 Å². The van der Waals surface area contributed by atoms with E-state index >= 15 is 0 Å². The van der Waals surface area contributed by atoms with Crippen LogP contribution in [0.2, 0.25) is 0 Å². The Morgan fingerprint density at radius 3 is 2.37 bits per heavy atom. The summed E-state index contributed by atoms with van der Waals surface area (Å²) in [6.07, 6.45) is -4.55. The average molecular weight is 402 g/mol. The van der Waals surface area contributed by atoms with E-state index in [0.717, 1.165) is 18.2 Å². The van der Waals surface area contributed by atoms with E-state index in [0.29, 0.717) is 11.8 Å². The van der Waals surface area contributed by atoms with Gasteiger partial charge in [-0.2, -0.15) is 17.9 Å². The van der Waals surface area contributed by atoms with E-state index in [-0.39, 0.29) is 13.0 Å². The summed E-state index contributed by atoms with van der Waals surface area (Å²) >= 11 is 0. The molecular formula is C17H14F4N2O3S. The van der Waals surface area contributed by atoms with Crippen LogP contribution in [-0.2, 0) is 21.0 Å². The minimum atomic E-state index is -4.69. The Kier molecular flexibility index (Phi) is 4.96. The van der Waals surface area contributed by atoms with Gasteiger partial charge in [0.2, 0.25) is 15.9 Å². The van der Waals surface area contributed by atoms with Crippen molar-refractivity contribution in [3.8, 4) is 0 Å². The number of carbonyl (C=O) groups is 1. The van der Waals surface area contributed by atoms with Gasteiger partial charge in [-0.1, -0.05) is 6.07 Å². The highest BCUT2D eigenvalue weighted by molar-refractivity contribution is 7.89. The first-order chi connectivity index (χ1) is 12.6. The topological polar surface area (TPSA) is 66.5 Å². The van der Waals surface area contributed by atoms with Crippen LogP contribution >= 0.6 is 0 Å². The second kappa shape index (κ2) is 6.93. The second-order valence-corrected chi connectivity index (χ2v) is 7.67. The fourth-order valence-corrected chi connectivity index (χ4v) is 4.03. The molecular weight excluding hydrogens is 388 g/mol. The molecule has 2 aromatic carbocycles. The van der Waals surface area contributed by atoms with Crippen LogP contribution in [0.25, 0.3) is 0 Å². The predicted molar refractivity (Wildman–Crippen MR) is 88.9 cm³/mol. The van der Waals surface area contributed by atoms with Crippen molar-refractivity contribution in [1.82, 2.24) is 4.72 Å². The van der Waals surface area contributed by atoms with Crippen LogP contribution in [-0.4, -0.2) is 26.9 Å². The van der Waals surface area contributed by atoms with Gasteiger partial charge >= 0.3 is 6.18 Å². The molecule has 144 valence electrons. The van der Waals surface area contributed by atoms with Gasteiger partial charge in [0.25, 0.3) is 0 Å². The summed E-state index contributed by atoms with van der Waals surface area (Å²) in [6, 6.07) is 7.28. The number of hydrogen-bond donors (Lipinski definition) is 1. The molecule has 1 heterocycles. The summed E-state index contributed by atoms with van der Waals surface area (Å²) in [5.74, 6) is -1.04. The molecule has 1 atom stereocenters. The Bertz CT molecular complexity index is 959. The number of carbonyl (C=O) groups excluding carboxylic acids is 1. The van der Waals surface area contributed by atoms with Crippen molar-refractivity contribution in [2.75, 3.05) is 11.4 Å². The number of sulfonamides is 1. The van der Waals surface area contributed by atoms with Gasteiger partial charge < -0.3 is 4.90 Å². The highest BCUT2D eigenvalue weighted by atomic mass is 32.2. The van der Waals surface area contributed by atoms with Crippen molar-refractivity contribution < 1.29 is 30.8 Å². The molecule has 0 saturated carbocycles. The molecule has 0 bridgehead atoms. The SMILES string of the molecule is O=C1C(NS(=O)(=O)c2cccc(C(F)(F)F)c2)CCN1c1ccc(F)cc1. The Morgan fingerprint density at radius 1 is 1.07 bits per heavy atom. The van der Waals surface area contributed by atoms with Crippen LogP contribution in [0.4, 0.5) is 23.2 Å². The first-order valence-electron chi connectivity index (χ1n) is 7.84. The maximum Gasteiger partial charge on any atom is 0.416 e. The molecule has 3 rings (SSSR count). The van der Waals surface area contributed by atoms with Gasteiger partial charge in [-0.25, -0.2) is 12.8 Å². The molecule has 1 aliphatic rings. The van der Waals surface area contributed by atoms with Gasteiger partial charge in [0, 0.05) is 12.2 Å². The molecule has 27 heavy (non-hydrogen) atoms. The lowest BCUT2D eigenvalue weighted by molar-refractivity contribution is -0.137. The van der Waals surface area contributed by atoms with E-state index in [9.17, 15) is 30.8 Å². The lowest BCUT2D eigenvalue weighted by atomic mass is 10.2. The van der Waals surface area contributed by atoms with Crippen molar-refractivity contribution in [1.29, 1.82) is 0 Å². The number of benzene rings is 2. The minimum absolute atomic E-state index is 0.133. The summed E-state index contributed by atoms with van der Waals surface area (Å²) in [5.41, 5.74) is -0.696. The number of halogens is 4. The summed E-state index contributed by atoms with van der Waals surface area (Å²) in [5, 5.41) is 0. The zero-order valence-corrected chi connectivity index (χ0v) is 14.5. The first-order valence-corrected chi connectivity index (χ1v) is 9.33. The molecule has 1 fully saturated rings. The van der Waals surface area contributed by atoms with E-state index in [1.165, 1.54) is 29.2 Å². The third-order valence-electron chi connectivity index (χ3n) is 4.11. The van der Waals surface area contributed by atoms with E-state index in [1.54, 1.807) is 0 Å². The maximum absolute atomic E-state index is 13.0. The van der Waals surface area contributed by atoms with Crippen molar-refractivity contribution in [2.24, 2.45) is 0 Å². The number of alkyl halides is 3. The smallest absolute Gasteiger partial charge is 0.311 e. The molecule has 0 radical (unpaired) electrons. The molecule has 1 unspecified atom stereocenters. The molecule has 0 aliphatic carbocycles. The molecule has 1 saturated heterocycles. The number of anilines is 1. The van der Waals surface area contributed by atoms with Gasteiger partial charge in [0.15, 0.2) is 0 Å². The summed E-state index contributed by atoms with van der Waals surface area (Å²) in [7, 11) is -4.33. The molecule has 1 N–H and O–H groups in total. The van der Waals surface area contributed by atoms with Crippen LogP contribution in [0.1, 0.15) is 12.0 Å². The highest BCUT2D eigenvalue weighted by Gasteiger charge is 2.37. The fraction of sp³-hybridized carbons (Fsp3) is 0.235. The Labute approximate surface area is 152 Å². The highest BCUT2D eigenvalue weighted by Crippen LogP contribution is 2.30. The zero-order valence-electron chi connectivity index (χ0n) is 13.7. The fourth-order valence-electron chi connectivity index (χ4n) is 2.76. The standard InChI is InChI=1S/C17H14F4N2O3S/c18-12-4-6-13(7-5-12)23-9-8-15(16(23)24)22-27(25,26)14-3-1-2-11(10-14)17(19,20)21/h1-7,10,15,22H,8-9H2. The van der Waals surface area contributed by atoms with Crippen LogP contribution in [0, 0.1) is 5.82 Å². The second-order valence-electron chi connectivity index (χ2n) is 5.95. The maximum atomic E-state index is 13.0. The Hall–Kier alpha value is -2.46. The van der Waals surface area contributed by atoms with Crippen molar-refractivity contribution in [3.05, 3.63) is 59.9 Å². The minimum Gasteiger partial charge on any atom is -0.311 e. The molecule has 2 aromatic rings. The van der Waals surface area contributed by atoms with Crippen LogP contribution < -0.4 is 9.62 Å². The normalized spacial score (nSPS) is 18.1. The van der Waals surface area contributed by atoms with Gasteiger partial charge in [0.05, 0.1) is 10.5 Å². The van der Waals surface area contributed by atoms with E-state index < -0.39 is 44.4 Å². The Morgan fingerprint density at radius 2 is 1.74 bits per heavy atom. The average Bonchev–Trinajstić information content (AvgIpc) is 2.95. The summed E-state index contributed by atoms with van der Waals surface area (Å²) < 4.78 is 78.3. The lowest BCUT2D eigenvalue weighted by Gasteiger charge is -2.17. The zero-order chi connectivity index (χ0) is 19.8. The van der Waals surface area contributed by atoms with Crippen LogP contribution in [0.3, 0.4) is 0 Å². The third-order valence-corrected chi connectivity index (χ3v) is 5.58. The number of amides is 1. The number of hydrogen-bond acceptors (Lipinski definition) is 3. The van der Waals surface area contributed by atoms with Gasteiger partial charge in [-0.15, -0.1) is 0 Å². The third kappa shape index (κ3) is 4.11. The summed E-state index contributed by atoms with van der Waals surface area (Å²) in [6.45, 7) is 0.195. The largest absolute Gasteiger partial charge is 0.416 e.